The average Bonchev–Trinajstić information content (AvgIpc) is 3.17. The monoisotopic (exact) mass is 768 g/mol. The van der Waals surface area contributed by atoms with Crippen LogP contribution in [0.3, 0.4) is 0 Å². The Morgan fingerprint density at radius 3 is 1.64 bits per heavy atom. The van der Waals surface area contributed by atoms with Gasteiger partial charge in [-0.25, -0.2) is 0 Å². The molecule has 8 rings (SSSR count). The molecule has 0 radical (unpaired) electrons. The van der Waals surface area contributed by atoms with Crippen LogP contribution < -0.4 is 22.0 Å². The van der Waals surface area contributed by atoms with E-state index in [-0.39, 0.29) is 47.2 Å². The first-order valence-electron chi connectivity index (χ1n) is 15.9. The van der Waals surface area contributed by atoms with E-state index in [2.05, 4.69) is 5.32 Å². The summed E-state index contributed by atoms with van der Waals surface area (Å²) < 4.78 is 10.2. The fourth-order valence-electron chi connectivity index (χ4n) is 5.89. The van der Waals surface area contributed by atoms with E-state index in [1.54, 1.807) is 42.5 Å². The number of nitrogens with two attached hydrogens (primary N) is 1. The van der Waals surface area contributed by atoms with Crippen LogP contribution in [-0.4, -0.2) is 47.0 Å². The van der Waals surface area contributed by atoms with Crippen LogP contribution in [0.1, 0.15) is 82.3 Å². The van der Waals surface area contributed by atoms with Crippen molar-refractivity contribution < 1.29 is 33.9 Å². The van der Waals surface area contributed by atoms with Gasteiger partial charge in [0.05, 0.1) is 0 Å². The maximum absolute atomic E-state index is 12.5. The number of halogens is 1. The molecule has 0 heterocycles. The van der Waals surface area contributed by atoms with Crippen LogP contribution in [0.4, 0.5) is 11.4 Å². The van der Waals surface area contributed by atoms with Gasteiger partial charge in [-0.2, -0.15) is 0 Å². The molecule has 0 bridgehead atoms. The number of benzene rings is 6. The van der Waals surface area contributed by atoms with Gasteiger partial charge in [-0.05, 0) is 53.0 Å². The summed E-state index contributed by atoms with van der Waals surface area (Å²) in [4.78, 5) is 46.8. The maximum atomic E-state index is 12.5. The Labute approximate surface area is 332 Å². The molecule has 6 aromatic carbocycles. The van der Waals surface area contributed by atoms with E-state index in [4.69, 9.17) is 27.4 Å². The number of hydrogen-bond donors (Lipinski definition) is 4. The third kappa shape index (κ3) is 9.69. The molecule has 0 fully saturated rings. The Hall–Kier alpha value is -6.26. The molecule has 2 aliphatic rings. The number of hydrogen-bond acceptors (Lipinski definition) is 8. The fraction of sp³-hybridized carbons (Fsp3) is 0.0909. The molecule has 5 N–H and O–H groups in total. The summed E-state index contributed by atoms with van der Waals surface area (Å²) in [5.41, 5.74) is 12.2. The average molecular weight is 769 g/mol. The number of rotatable bonds is 5. The predicted octanol–water partition coefficient (Wildman–Crippen LogP) is 7.90. The van der Waals surface area contributed by atoms with Gasteiger partial charge in [0.1, 0.15) is 0 Å². The molecular weight excluding hydrogens is 726 g/mol. The number of nitrogen functional groups attached to an aromatic ring is 1. The molecule has 2 aliphatic carbocycles. The summed E-state index contributed by atoms with van der Waals surface area (Å²) in [7, 11) is -0.860. The second-order valence-electron chi connectivity index (χ2n) is 11.8. The molecule has 6 aromatic rings. The number of ketones is 2. The molecular formula is C44H43B2ClN2O7. The van der Waals surface area contributed by atoms with Gasteiger partial charge in [-0.15, -0.1) is 0 Å². The summed E-state index contributed by atoms with van der Waals surface area (Å²) in [6, 6.07) is 30.8. The first kappa shape index (κ1) is 45.9. The molecule has 56 heavy (non-hydrogen) atoms. The Balaban J connectivity index is 0.000000309. The summed E-state index contributed by atoms with van der Waals surface area (Å²) in [5, 5.41) is 24.2. The minimum atomic E-state index is -1.57. The van der Waals surface area contributed by atoms with Crippen LogP contribution in [0.25, 0.3) is 33.7 Å². The number of anilines is 2. The molecule has 0 saturated carbocycles. The fourth-order valence-corrected chi connectivity index (χ4v) is 6.02. The van der Waals surface area contributed by atoms with E-state index in [9.17, 15) is 23.9 Å². The van der Waals surface area contributed by atoms with E-state index in [0.29, 0.717) is 40.5 Å². The molecule has 0 aromatic heterocycles. The van der Waals surface area contributed by atoms with Gasteiger partial charge in [0.25, 0.3) is 5.91 Å². The number of carbonyl (C=O) groups is 4. The number of nitrogens with one attached hydrogen (secondary N) is 1. The summed E-state index contributed by atoms with van der Waals surface area (Å²) >= 11 is 5.17. The first-order valence-corrected chi connectivity index (χ1v) is 16.3. The smallest absolute Gasteiger partial charge is 0.423 e. The Morgan fingerprint density at radius 2 is 1.12 bits per heavy atom. The van der Waals surface area contributed by atoms with Gasteiger partial charge in [0.2, 0.25) is 0 Å². The van der Waals surface area contributed by atoms with Crippen molar-refractivity contribution in [3.8, 4) is 0 Å². The minimum Gasteiger partial charge on any atom is -0.423 e. The van der Waals surface area contributed by atoms with E-state index < -0.39 is 12.4 Å². The van der Waals surface area contributed by atoms with Crippen molar-refractivity contribution in [1.29, 1.82) is 0 Å². The normalized spacial score (nSPS) is 11.1. The van der Waals surface area contributed by atoms with Crippen LogP contribution in [-0.2, 0) is 4.70 Å². The van der Waals surface area contributed by atoms with E-state index >= 15 is 0 Å². The quantitative estimate of drug-likeness (QED) is 0.0782. The molecule has 12 heteroatoms. The molecule has 0 atom stereocenters. The summed E-state index contributed by atoms with van der Waals surface area (Å²) in [6.45, 7) is 0. The van der Waals surface area contributed by atoms with Gasteiger partial charge < -0.3 is 21.1 Å². The van der Waals surface area contributed by atoms with E-state index in [0.717, 1.165) is 43.9 Å². The second-order valence-corrected chi connectivity index (χ2v) is 12.1. The van der Waals surface area contributed by atoms with Crippen molar-refractivity contribution in [2.75, 3.05) is 11.1 Å². The van der Waals surface area contributed by atoms with Crippen LogP contribution >= 0.6 is 11.6 Å². The number of amides is 1. The van der Waals surface area contributed by atoms with Crippen molar-refractivity contribution in [2.24, 2.45) is 0 Å². The largest absolute Gasteiger partial charge is 0.488 e. The zero-order valence-electron chi connectivity index (χ0n) is 27.2. The van der Waals surface area contributed by atoms with Gasteiger partial charge in [0.15, 0.2) is 11.6 Å². The van der Waals surface area contributed by atoms with Crippen molar-refractivity contribution in [2.45, 2.75) is 29.7 Å². The van der Waals surface area contributed by atoms with Crippen LogP contribution in [0.2, 0.25) is 0 Å². The van der Waals surface area contributed by atoms with Crippen molar-refractivity contribution in [3.05, 3.63) is 155 Å². The Bertz CT molecular complexity index is 2480. The van der Waals surface area contributed by atoms with Gasteiger partial charge >= 0.3 is 75.9 Å². The molecule has 0 saturated heterocycles. The Morgan fingerprint density at radius 1 is 0.625 bits per heavy atom. The van der Waals surface area contributed by atoms with Gasteiger partial charge in [-0.1, -0.05) is 103 Å². The molecule has 0 spiro atoms. The van der Waals surface area contributed by atoms with Crippen LogP contribution in [0.15, 0.2) is 121 Å². The third-order valence-electron chi connectivity index (χ3n) is 8.53. The van der Waals surface area contributed by atoms with Crippen LogP contribution in [0, 0.1) is 0 Å². The van der Waals surface area contributed by atoms with Crippen LogP contribution in [0.5, 0.6) is 0 Å². The Kier molecular flexibility index (Phi) is 16.3. The zero-order chi connectivity index (χ0) is 36.9. The number of allylic oxidation sites excluding steroid dienone is 2. The minimum absolute atomic E-state index is 0. The van der Waals surface area contributed by atoms with Gasteiger partial charge in [-0.3, -0.25) is 14.4 Å². The molecule has 1 amide bonds. The van der Waals surface area contributed by atoms with Crippen molar-refractivity contribution in [1.82, 2.24) is 0 Å². The third-order valence-corrected chi connectivity index (χ3v) is 8.75. The standard InChI is InChI=1S/C20H14BNO4.C13H9NO.C7H4BClO2.4CH4/c23-18-11-7-12-6-10-17(15-2-1-3-16(18)19(12)15)22-20(24)13-4-8-14(9-5-13)21(25)26;14-11-6-4-8-5-7-12(15)10-3-1-2-9(11)13(8)10;9-7(10)5-1-3-6(8-11)4-2-5;;;;/h1-11,25-26H,(H,22,24);1-7H,14H2;1-4H;4*1H4. The predicted molar refractivity (Wildman–Crippen MR) is 233 cm³/mol. The molecule has 0 aliphatic heterocycles. The second kappa shape index (κ2) is 19.9. The SMILES string of the molecule is C.C.C.C.Nc1ccc2c3c(cccc13)C(=O)C=C2.O=Bc1ccc(C(=O)Cl)cc1.O=C(Nc1ccc2c3c(cccc13)C(=O)C=C2)c1ccc(B(O)O)cc1. The summed E-state index contributed by atoms with van der Waals surface area (Å²) in [6.07, 6.45) is 6.78. The number of carbonyl (C=O) groups excluding carboxylic acids is 4. The van der Waals surface area contributed by atoms with Crippen molar-refractivity contribution in [3.63, 3.8) is 0 Å². The zero-order valence-corrected chi connectivity index (χ0v) is 28.0. The van der Waals surface area contributed by atoms with Gasteiger partial charge in [0, 0.05) is 49.6 Å². The van der Waals surface area contributed by atoms with E-state index in [1.807, 2.05) is 54.6 Å². The van der Waals surface area contributed by atoms with E-state index in [1.165, 1.54) is 36.4 Å². The summed E-state index contributed by atoms with van der Waals surface area (Å²) in [5.74, 6) is -0.314. The molecule has 9 nitrogen and oxygen atoms in total. The first-order chi connectivity index (χ1) is 25.0. The molecule has 284 valence electrons. The topological polar surface area (TPSA) is 164 Å². The maximum Gasteiger partial charge on any atom is 0.488 e. The van der Waals surface area contributed by atoms with Crippen molar-refractivity contribution >= 4 is 105 Å². The molecule has 0 unspecified atom stereocenters.